The van der Waals surface area contributed by atoms with Gasteiger partial charge in [0.15, 0.2) is 0 Å². The van der Waals surface area contributed by atoms with Crippen LogP contribution in [0.1, 0.15) is 10.6 Å². The first-order chi connectivity index (χ1) is 14.6. The van der Waals surface area contributed by atoms with Crippen molar-refractivity contribution in [1.82, 2.24) is 24.8 Å². The van der Waals surface area contributed by atoms with Crippen molar-refractivity contribution in [3.8, 4) is 21.8 Å². The van der Waals surface area contributed by atoms with E-state index in [1.54, 1.807) is 12.4 Å². The topological polar surface area (TPSA) is 89.8 Å². The van der Waals surface area contributed by atoms with Crippen LogP contribution in [0.15, 0.2) is 72.0 Å². The Balaban J connectivity index is 1.40. The fraction of sp³-hybridized carbons (Fsp3) is 0.136. The van der Waals surface area contributed by atoms with Crippen molar-refractivity contribution < 1.29 is 4.79 Å². The van der Waals surface area contributed by atoms with Gasteiger partial charge in [0, 0.05) is 34.5 Å². The van der Waals surface area contributed by atoms with Gasteiger partial charge in [0.1, 0.15) is 11.6 Å². The van der Waals surface area contributed by atoms with Gasteiger partial charge in [0.2, 0.25) is 5.91 Å². The predicted molar refractivity (Wildman–Crippen MR) is 116 cm³/mol. The molecule has 0 saturated heterocycles. The van der Waals surface area contributed by atoms with Crippen LogP contribution in [0.25, 0.3) is 21.8 Å². The van der Waals surface area contributed by atoms with Crippen LogP contribution in [0.5, 0.6) is 0 Å². The van der Waals surface area contributed by atoms with E-state index in [-0.39, 0.29) is 18.0 Å². The number of rotatable bonds is 6. The SMILES string of the molecule is Cc1nc(-c2cccnc2)sc1CNC(=O)Cn1cnc(-c2ccccc2)cc1=O. The number of carbonyl (C=O) groups excluding carboxylic acids is 1. The van der Waals surface area contributed by atoms with Crippen molar-refractivity contribution in [2.24, 2.45) is 0 Å². The molecular weight excluding hydrogens is 398 g/mol. The molecule has 0 aliphatic heterocycles. The lowest BCUT2D eigenvalue weighted by Gasteiger charge is -2.07. The van der Waals surface area contributed by atoms with Crippen LogP contribution in [0, 0.1) is 6.92 Å². The fourth-order valence-electron chi connectivity index (χ4n) is 2.91. The number of nitrogens with one attached hydrogen (secondary N) is 1. The van der Waals surface area contributed by atoms with E-state index in [1.807, 2.05) is 49.4 Å². The Morgan fingerprint density at radius 1 is 1.13 bits per heavy atom. The lowest BCUT2D eigenvalue weighted by molar-refractivity contribution is -0.121. The van der Waals surface area contributed by atoms with Crippen LogP contribution >= 0.6 is 11.3 Å². The third-order valence-electron chi connectivity index (χ3n) is 4.51. The van der Waals surface area contributed by atoms with E-state index in [0.717, 1.165) is 26.7 Å². The summed E-state index contributed by atoms with van der Waals surface area (Å²) in [4.78, 5) is 38.7. The summed E-state index contributed by atoms with van der Waals surface area (Å²) in [5, 5.41) is 3.72. The number of aryl methyl sites for hydroxylation is 1. The highest BCUT2D eigenvalue weighted by atomic mass is 32.1. The van der Waals surface area contributed by atoms with E-state index in [1.165, 1.54) is 28.3 Å². The van der Waals surface area contributed by atoms with E-state index >= 15 is 0 Å². The molecule has 4 rings (SSSR count). The largest absolute Gasteiger partial charge is 0.350 e. The quantitative estimate of drug-likeness (QED) is 0.521. The molecule has 0 unspecified atom stereocenters. The summed E-state index contributed by atoms with van der Waals surface area (Å²) in [6.07, 6.45) is 4.89. The minimum atomic E-state index is -0.271. The molecule has 7 nitrogen and oxygen atoms in total. The van der Waals surface area contributed by atoms with Gasteiger partial charge in [0.05, 0.1) is 24.3 Å². The average molecular weight is 417 g/mol. The standard InChI is InChI=1S/C22H19N5O2S/c1-15-19(30-22(26-15)17-8-5-9-23-11-17)12-24-20(28)13-27-14-25-18(10-21(27)29)16-6-3-2-4-7-16/h2-11,14H,12-13H2,1H3,(H,24,28). The van der Waals surface area contributed by atoms with E-state index in [2.05, 4.69) is 20.3 Å². The molecule has 1 amide bonds. The van der Waals surface area contributed by atoms with Crippen LogP contribution in [-0.4, -0.2) is 25.4 Å². The first kappa shape index (κ1) is 19.7. The summed E-state index contributed by atoms with van der Waals surface area (Å²) < 4.78 is 1.29. The number of amides is 1. The molecule has 0 atom stereocenters. The normalized spacial score (nSPS) is 10.7. The number of thiazole rings is 1. The van der Waals surface area contributed by atoms with Gasteiger partial charge >= 0.3 is 0 Å². The monoisotopic (exact) mass is 417 g/mol. The zero-order valence-corrected chi connectivity index (χ0v) is 17.1. The van der Waals surface area contributed by atoms with E-state index in [4.69, 9.17) is 0 Å². The van der Waals surface area contributed by atoms with Gasteiger partial charge in [0.25, 0.3) is 5.56 Å². The van der Waals surface area contributed by atoms with Gasteiger partial charge in [-0.3, -0.25) is 19.1 Å². The molecule has 0 saturated carbocycles. The Kier molecular flexibility index (Phi) is 5.76. The van der Waals surface area contributed by atoms with Crippen LogP contribution in [0.3, 0.4) is 0 Å². The number of benzene rings is 1. The smallest absolute Gasteiger partial charge is 0.254 e. The number of nitrogens with zero attached hydrogens (tertiary/aromatic N) is 4. The molecule has 1 N–H and O–H groups in total. The number of aromatic nitrogens is 4. The molecule has 0 radical (unpaired) electrons. The Morgan fingerprint density at radius 3 is 2.67 bits per heavy atom. The highest BCUT2D eigenvalue weighted by molar-refractivity contribution is 7.15. The molecule has 30 heavy (non-hydrogen) atoms. The molecule has 4 aromatic rings. The van der Waals surface area contributed by atoms with Crippen molar-refractivity contribution in [2.45, 2.75) is 20.0 Å². The summed E-state index contributed by atoms with van der Waals surface area (Å²) in [7, 11) is 0. The van der Waals surface area contributed by atoms with Gasteiger partial charge in [-0.05, 0) is 19.1 Å². The minimum Gasteiger partial charge on any atom is -0.350 e. The second-order valence-corrected chi connectivity index (χ2v) is 7.74. The molecule has 3 aromatic heterocycles. The van der Waals surface area contributed by atoms with Crippen LogP contribution in [-0.2, 0) is 17.9 Å². The second-order valence-electron chi connectivity index (χ2n) is 6.65. The van der Waals surface area contributed by atoms with E-state index < -0.39 is 0 Å². The lowest BCUT2D eigenvalue weighted by Crippen LogP contribution is -2.31. The third-order valence-corrected chi connectivity index (χ3v) is 5.72. The molecule has 0 spiro atoms. The molecule has 150 valence electrons. The van der Waals surface area contributed by atoms with E-state index in [0.29, 0.717) is 12.2 Å². The van der Waals surface area contributed by atoms with Gasteiger partial charge in [-0.1, -0.05) is 30.3 Å². The van der Waals surface area contributed by atoms with Crippen LogP contribution in [0.2, 0.25) is 0 Å². The highest BCUT2D eigenvalue weighted by Gasteiger charge is 2.12. The molecular formula is C22H19N5O2S. The Morgan fingerprint density at radius 2 is 1.93 bits per heavy atom. The molecule has 0 aliphatic carbocycles. The molecule has 8 heteroatoms. The minimum absolute atomic E-state index is 0.0891. The summed E-state index contributed by atoms with van der Waals surface area (Å²) in [5.74, 6) is -0.262. The second kappa shape index (κ2) is 8.79. The Hall–Kier alpha value is -3.65. The first-order valence-electron chi connectivity index (χ1n) is 9.35. The Bertz CT molecular complexity index is 1220. The zero-order chi connectivity index (χ0) is 20.9. The highest BCUT2D eigenvalue weighted by Crippen LogP contribution is 2.27. The van der Waals surface area contributed by atoms with Gasteiger partial charge in [-0.15, -0.1) is 11.3 Å². The predicted octanol–water partition coefficient (Wildman–Crippen LogP) is 3.05. The average Bonchev–Trinajstić information content (AvgIpc) is 3.15. The van der Waals surface area contributed by atoms with Crippen molar-refractivity contribution in [3.05, 3.63) is 88.2 Å². The lowest BCUT2D eigenvalue weighted by atomic mass is 10.1. The molecule has 3 heterocycles. The maximum absolute atomic E-state index is 12.4. The van der Waals surface area contributed by atoms with Crippen molar-refractivity contribution in [3.63, 3.8) is 0 Å². The number of hydrogen-bond acceptors (Lipinski definition) is 6. The molecule has 0 bridgehead atoms. The van der Waals surface area contributed by atoms with Crippen molar-refractivity contribution in [1.29, 1.82) is 0 Å². The first-order valence-corrected chi connectivity index (χ1v) is 10.2. The van der Waals surface area contributed by atoms with Crippen LogP contribution in [0.4, 0.5) is 0 Å². The van der Waals surface area contributed by atoms with Crippen LogP contribution < -0.4 is 10.9 Å². The van der Waals surface area contributed by atoms with Gasteiger partial charge < -0.3 is 5.32 Å². The number of pyridine rings is 1. The van der Waals surface area contributed by atoms with Gasteiger partial charge in [-0.2, -0.15) is 0 Å². The zero-order valence-electron chi connectivity index (χ0n) is 16.3. The molecule has 0 aliphatic rings. The fourth-order valence-corrected chi connectivity index (χ4v) is 3.90. The maximum atomic E-state index is 12.4. The van der Waals surface area contributed by atoms with Crippen molar-refractivity contribution in [2.75, 3.05) is 0 Å². The van der Waals surface area contributed by atoms with Crippen molar-refractivity contribution >= 4 is 17.2 Å². The summed E-state index contributed by atoms with van der Waals surface area (Å²) in [6.45, 7) is 2.18. The molecule has 1 aromatic carbocycles. The maximum Gasteiger partial charge on any atom is 0.254 e. The number of carbonyl (C=O) groups is 1. The summed E-state index contributed by atoms with van der Waals surface area (Å²) >= 11 is 1.52. The van der Waals surface area contributed by atoms with E-state index in [9.17, 15) is 9.59 Å². The Labute approximate surface area is 177 Å². The van der Waals surface area contributed by atoms with Gasteiger partial charge in [-0.25, -0.2) is 9.97 Å². The summed E-state index contributed by atoms with van der Waals surface area (Å²) in [5.41, 5.74) is 2.98. The summed E-state index contributed by atoms with van der Waals surface area (Å²) in [6, 6.07) is 14.7. The molecule has 0 fully saturated rings. The number of hydrogen-bond donors (Lipinski definition) is 1. The third kappa shape index (κ3) is 4.49.